The second-order valence-electron chi connectivity index (χ2n) is 4.92. The minimum atomic E-state index is -4.31. The second-order valence-corrected chi connectivity index (χ2v) is 4.92. The first-order valence-electron chi connectivity index (χ1n) is 6.27. The molecule has 1 atom stereocenters. The molecule has 6 heteroatoms. The standard InChI is InChI=1S/C14H16F3N3/c1-10(18)5-13-8-20(9-19-13)7-11-3-2-4-12(6-11)14(15,16)17/h2-4,6,8-10H,5,7,18H2,1H3. The third-order valence-corrected chi connectivity index (χ3v) is 2.84. The summed E-state index contributed by atoms with van der Waals surface area (Å²) in [4.78, 5) is 4.18. The van der Waals surface area contributed by atoms with Crippen LogP contribution in [-0.2, 0) is 19.1 Å². The van der Waals surface area contributed by atoms with Crippen molar-refractivity contribution in [1.82, 2.24) is 9.55 Å². The van der Waals surface area contributed by atoms with Crippen LogP contribution in [0.2, 0.25) is 0 Å². The number of aromatic nitrogens is 2. The highest BCUT2D eigenvalue weighted by molar-refractivity contribution is 5.26. The molecule has 2 aromatic rings. The first-order chi connectivity index (χ1) is 9.34. The summed E-state index contributed by atoms with van der Waals surface area (Å²) < 4.78 is 39.6. The Morgan fingerprint density at radius 3 is 2.75 bits per heavy atom. The Bertz CT molecular complexity index is 573. The molecule has 0 spiro atoms. The quantitative estimate of drug-likeness (QED) is 0.937. The number of alkyl halides is 3. The number of imidazole rings is 1. The van der Waals surface area contributed by atoms with E-state index in [-0.39, 0.29) is 6.04 Å². The number of benzene rings is 1. The van der Waals surface area contributed by atoms with Crippen molar-refractivity contribution in [2.24, 2.45) is 5.73 Å². The topological polar surface area (TPSA) is 43.8 Å². The molecule has 1 aromatic heterocycles. The molecule has 3 nitrogen and oxygen atoms in total. The van der Waals surface area contributed by atoms with Gasteiger partial charge in [0.25, 0.3) is 0 Å². The van der Waals surface area contributed by atoms with E-state index in [1.807, 2.05) is 13.1 Å². The lowest BCUT2D eigenvalue weighted by molar-refractivity contribution is -0.137. The van der Waals surface area contributed by atoms with E-state index in [9.17, 15) is 13.2 Å². The van der Waals surface area contributed by atoms with Gasteiger partial charge in [-0.1, -0.05) is 12.1 Å². The maximum atomic E-state index is 12.6. The molecule has 1 unspecified atom stereocenters. The zero-order chi connectivity index (χ0) is 14.8. The molecule has 2 N–H and O–H groups in total. The lowest BCUT2D eigenvalue weighted by Gasteiger charge is -2.09. The SMILES string of the molecule is CC(N)Cc1cn(Cc2cccc(C(F)(F)F)c2)cn1. The van der Waals surface area contributed by atoms with Crippen molar-refractivity contribution >= 4 is 0 Å². The molecule has 0 aliphatic heterocycles. The molecule has 0 aliphatic rings. The highest BCUT2D eigenvalue weighted by Crippen LogP contribution is 2.29. The lowest BCUT2D eigenvalue weighted by Crippen LogP contribution is -2.17. The van der Waals surface area contributed by atoms with Crippen molar-refractivity contribution in [3.63, 3.8) is 0 Å². The van der Waals surface area contributed by atoms with Crippen LogP contribution in [0, 0.1) is 0 Å². The molecular formula is C14H16F3N3. The van der Waals surface area contributed by atoms with Crippen LogP contribution < -0.4 is 5.73 Å². The molecular weight excluding hydrogens is 267 g/mol. The number of hydrogen-bond donors (Lipinski definition) is 1. The van der Waals surface area contributed by atoms with Crippen molar-refractivity contribution < 1.29 is 13.2 Å². The third kappa shape index (κ3) is 3.84. The van der Waals surface area contributed by atoms with Crippen LogP contribution >= 0.6 is 0 Å². The van der Waals surface area contributed by atoms with Crippen LogP contribution in [-0.4, -0.2) is 15.6 Å². The van der Waals surface area contributed by atoms with Crippen LogP contribution in [0.25, 0.3) is 0 Å². The van der Waals surface area contributed by atoms with Crippen LogP contribution in [0.1, 0.15) is 23.7 Å². The predicted octanol–water partition coefficient (Wildman–Crippen LogP) is 2.84. The molecule has 0 saturated heterocycles. The lowest BCUT2D eigenvalue weighted by atomic mass is 10.1. The molecule has 2 rings (SSSR count). The third-order valence-electron chi connectivity index (χ3n) is 2.84. The fourth-order valence-electron chi connectivity index (χ4n) is 1.98. The van der Waals surface area contributed by atoms with Gasteiger partial charge in [0.1, 0.15) is 0 Å². The average Bonchev–Trinajstić information content (AvgIpc) is 2.75. The summed E-state index contributed by atoms with van der Waals surface area (Å²) in [5, 5.41) is 0. The van der Waals surface area contributed by atoms with E-state index >= 15 is 0 Å². The van der Waals surface area contributed by atoms with E-state index in [0.717, 1.165) is 17.8 Å². The Morgan fingerprint density at radius 1 is 1.35 bits per heavy atom. The summed E-state index contributed by atoms with van der Waals surface area (Å²) in [6.07, 6.45) is -0.248. The second kappa shape index (κ2) is 5.66. The Kier molecular flexibility index (Phi) is 4.13. The van der Waals surface area contributed by atoms with Crippen molar-refractivity contribution in [2.75, 3.05) is 0 Å². The molecule has 20 heavy (non-hydrogen) atoms. The smallest absolute Gasteiger partial charge is 0.333 e. The molecule has 108 valence electrons. The summed E-state index contributed by atoms with van der Waals surface area (Å²) in [6.45, 7) is 2.24. The molecule has 0 amide bonds. The number of nitrogens with two attached hydrogens (primary N) is 1. The van der Waals surface area contributed by atoms with Gasteiger partial charge < -0.3 is 10.3 Å². The van der Waals surface area contributed by atoms with Crippen molar-refractivity contribution in [1.29, 1.82) is 0 Å². The number of nitrogens with zero attached hydrogens (tertiary/aromatic N) is 2. The van der Waals surface area contributed by atoms with E-state index in [4.69, 9.17) is 5.73 Å². The van der Waals surface area contributed by atoms with Crippen LogP contribution in [0.15, 0.2) is 36.8 Å². The maximum Gasteiger partial charge on any atom is 0.416 e. The van der Waals surface area contributed by atoms with Crippen molar-refractivity contribution in [3.05, 3.63) is 53.6 Å². The molecule has 0 bridgehead atoms. The number of rotatable bonds is 4. The minimum Gasteiger partial charge on any atom is -0.333 e. The summed E-state index contributed by atoms with van der Waals surface area (Å²) in [5.74, 6) is 0. The molecule has 1 aromatic carbocycles. The van der Waals surface area contributed by atoms with Gasteiger partial charge in [-0.3, -0.25) is 0 Å². The van der Waals surface area contributed by atoms with Crippen LogP contribution in [0.4, 0.5) is 13.2 Å². The van der Waals surface area contributed by atoms with Gasteiger partial charge >= 0.3 is 6.18 Å². The largest absolute Gasteiger partial charge is 0.416 e. The summed E-state index contributed by atoms with van der Waals surface area (Å²) in [6, 6.07) is 5.31. The first-order valence-corrected chi connectivity index (χ1v) is 6.27. The summed E-state index contributed by atoms with van der Waals surface area (Å²) in [7, 11) is 0. The highest BCUT2D eigenvalue weighted by Gasteiger charge is 2.30. The Labute approximate surface area is 115 Å². The number of halogens is 3. The van der Waals surface area contributed by atoms with Gasteiger partial charge in [0.2, 0.25) is 0 Å². The van der Waals surface area contributed by atoms with E-state index in [1.165, 1.54) is 6.07 Å². The van der Waals surface area contributed by atoms with Crippen LogP contribution in [0.3, 0.4) is 0 Å². The van der Waals surface area contributed by atoms with E-state index in [2.05, 4.69) is 4.98 Å². The molecule has 0 radical (unpaired) electrons. The Hall–Kier alpha value is -1.82. The first kappa shape index (κ1) is 14.6. The molecule has 0 saturated carbocycles. The predicted molar refractivity (Wildman–Crippen MR) is 70.1 cm³/mol. The molecule has 1 heterocycles. The van der Waals surface area contributed by atoms with Gasteiger partial charge in [-0.05, 0) is 24.6 Å². The van der Waals surface area contributed by atoms with Gasteiger partial charge in [0.05, 0.1) is 17.6 Å². The van der Waals surface area contributed by atoms with Gasteiger partial charge in [-0.15, -0.1) is 0 Å². The van der Waals surface area contributed by atoms with E-state index in [1.54, 1.807) is 17.0 Å². The van der Waals surface area contributed by atoms with Crippen molar-refractivity contribution in [3.8, 4) is 0 Å². The van der Waals surface area contributed by atoms with E-state index in [0.29, 0.717) is 18.5 Å². The summed E-state index contributed by atoms with van der Waals surface area (Å²) in [5.41, 5.74) is 6.47. The van der Waals surface area contributed by atoms with Crippen molar-refractivity contribution in [2.45, 2.75) is 32.1 Å². The van der Waals surface area contributed by atoms with Gasteiger partial charge in [0.15, 0.2) is 0 Å². The van der Waals surface area contributed by atoms with Gasteiger partial charge in [0, 0.05) is 25.2 Å². The van der Waals surface area contributed by atoms with Gasteiger partial charge in [-0.25, -0.2) is 4.98 Å². The zero-order valence-electron chi connectivity index (χ0n) is 11.1. The van der Waals surface area contributed by atoms with E-state index < -0.39 is 11.7 Å². The fraction of sp³-hybridized carbons (Fsp3) is 0.357. The Balaban J connectivity index is 2.12. The number of hydrogen-bond acceptors (Lipinski definition) is 2. The highest BCUT2D eigenvalue weighted by atomic mass is 19.4. The molecule has 0 fully saturated rings. The monoisotopic (exact) mass is 283 g/mol. The average molecular weight is 283 g/mol. The summed E-state index contributed by atoms with van der Waals surface area (Å²) >= 11 is 0. The van der Waals surface area contributed by atoms with Crippen LogP contribution in [0.5, 0.6) is 0 Å². The fourth-order valence-corrected chi connectivity index (χ4v) is 1.98. The Morgan fingerprint density at radius 2 is 2.10 bits per heavy atom. The minimum absolute atomic E-state index is 0.00640. The molecule has 0 aliphatic carbocycles. The maximum absolute atomic E-state index is 12.6. The van der Waals surface area contributed by atoms with Gasteiger partial charge in [-0.2, -0.15) is 13.2 Å². The normalized spacial score (nSPS) is 13.4. The zero-order valence-corrected chi connectivity index (χ0v) is 11.1.